The van der Waals surface area contributed by atoms with Crippen molar-refractivity contribution in [3.05, 3.63) is 11.6 Å². The molecule has 1 atom stereocenters. The highest BCUT2D eigenvalue weighted by atomic mass is 28.4. The summed E-state index contributed by atoms with van der Waals surface area (Å²) < 4.78 is 16.5. The molecule has 156 valence electrons. The van der Waals surface area contributed by atoms with E-state index in [1.54, 1.807) is 6.92 Å². The molecule has 0 fully saturated rings. The maximum Gasteiger partial charge on any atom is 0.508 e. The van der Waals surface area contributed by atoms with Gasteiger partial charge in [-0.1, -0.05) is 40.4 Å². The van der Waals surface area contributed by atoms with Crippen molar-refractivity contribution in [3.63, 3.8) is 0 Å². The van der Waals surface area contributed by atoms with Gasteiger partial charge in [0.15, 0.2) is 8.32 Å². The second-order valence-electron chi connectivity index (χ2n) is 9.40. The summed E-state index contributed by atoms with van der Waals surface area (Å²) >= 11 is 0. The molecule has 0 radical (unpaired) electrons. The number of hydrogen-bond acceptors (Lipinski definition) is 4. The Labute approximate surface area is 169 Å². The van der Waals surface area contributed by atoms with Gasteiger partial charge in [-0.15, -0.1) is 11.5 Å². The number of carbonyl (C=O) groups is 1. The van der Waals surface area contributed by atoms with Crippen LogP contribution in [0.25, 0.3) is 0 Å². The fourth-order valence-corrected chi connectivity index (χ4v) is 4.00. The smallest absolute Gasteiger partial charge is 0.435 e. The monoisotopic (exact) mass is 412 g/mol. The van der Waals surface area contributed by atoms with Crippen LogP contribution in [0, 0.1) is 11.5 Å². The van der Waals surface area contributed by atoms with Gasteiger partial charge in [-0.3, -0.25) is 0 Å². The molecule has 0 spiro atoms. The van der Waals surface area contributed by atoms with Crippen molar-refractivity contribution in [1.82, 2.24) is 0 Å². The minimum absolute atomic E-state index is 0.00683. The SMILES string of the molecule is CCOC(=O)OC/C=C(/C)[C@H](CCC#C[Si](C)(C)C)O[Si](C)(C)C(C)(C)C. The molecular formula is C21H40O4Si2. The lowest BCUT2D eigenvalue weighted by molar-refractivity contribution is 0.0669. The number of ether oxygens (including phenoxy) is 2. The lowest BCUT2D eigenvalue weighted by Crippen LogP contribution is -2.44. The average Bonchev–Trinajstić information content (AvgIpc) is 2.48. The molecular weight excluding hydrogens is 372 g/mol. The zero-order chi connectivity index (χ0) is 21.3. The zero-order valence-electron chi connectivity index (χ0n) is 19.1. The zero-order valence-corrected chi connectivity index (χ0v) is 21.1. The first-order chi connectivity index (χ1) is 12.2. The van der Waals surface area contributed by atoms with E-state index < -0.39 is 22.5 Å². The molecule has 0 aromatic carbocycles. The second-order valence-corrected chi connectivity index (χ2v) is 18.9. The molecule has 0 unspecified atom stereocenters. The third kappa shape index (κ3) is 11.4. The summed E-state index contributed by atoms with van der Waals surface area (Å²) in [7, 11) is -3.27. The summed E-state index contributed by atoms with van der Waals surface area (Å²) in [4.78, 5) is 11.3. The first kappa shape index (κ1) is 26.0. The number of rotatable bonds is 8. The molecule has 0 amide bonds. The van der Waals surface area contributed by atoms with Crippen LogP contribution in [-0.4, -0.2) is 41.9 Å². The van der Waals surface area contributed by atoms with E-state index in [-0.39, 0.29) is 17.7 Å². The van der Waals surface area contributed by atoms with Gasteiger partial charge < -0.3 is 13.9 Å². The van der Waals surface area contributed by atoms with Gasteiger partial charge in [-0.25, -0.2) is 4.79 Å². The molecule has 0 N–H and O–H groups in total. The summed E-state index contributed by atoms with van der Waals surface area (Å²) in [6, 6.07) is 0. The van der Waals surface area contributed by atoms with E-state index in [2.05, 4.69) is 65.0 Å². The Morgan fingerprint density at radius 2 is 1.70 bits per heavy atom. The largest absolute Gasteiger partial charge is 0.508 e. The van der Waals surface area contributed by atoms with E-state index in [1.165, 1.54) is 0 Å². The van der Waals surface area contributed by atoms with Gasteiger partial charge in [0.1, 0.15) is 14.7 Å². The van der Waals surface area contributed by atoms with Crippen molar-refractivity contribution in [2.75, 3.05) is 13.2 Å². The van der Waals surface area contributed by atoms with Crippen molar-refractivity contribution in [2.24, 2.45) is 0 Å². The predicted molar refractivity (Wildman–Crippen MR) is 119 cm³/mol. The Bertz CT molecular complexity index is 557. The molecule has 0 aromatic rings. The molecule has 4 nitrogen and oxygen atoms in total. The molecule has 6 heteroatoms. The average molecular weight is 413 g/mol. The first-order valence-electron chi connectivity index (χ1n) is 9.83. The van der Waals surface area contributed by atoms with Gasteiger partial charge >= 0.3 is 6.16 Å². The predicted octanol–water partition coefficient (Wildman–Crippen LogP) is 6.16. The van der Waals surface area contributed by atoms with E-state index in [0.29, 0.717) is 6.61 Å². The Hall–Kier alpha value is -1.04. The van der Waals surface area contributed by atoms with Crippen LogP contribution in [-0.2, 0) is 13.9 Å². The Balaban J connectivity index is 5.15. The minimum atomic E-state index is -1.91. The molecule has 0 rings (SSSR count). The normalized spacial score (nSPS) is 14.2. The van der Waals surface area contributed by atoms with Crippen LogP contribution in [0.5, 0.6) is 0 Å². The second kappa shape index (κ2) is 11.1. The van der Waals surface area contributed by atoms with Gasteiger partial charge in [-0.2, -0.15) is 0 Å². The fourth-order valence-electron chi connectivity index (χ4n) is 1.98. The van der Waals surface area contributed by atoms with E-state index in [1.807, 2.05) is 13.0 Å². The minimum Gasteiger partial charge on any atom is -0.435 e. The molecule has 0 aliphatic rings. The van der Waals surface area contributed by atoms with Gasteiger partial charge in [0.2, 0.25) is 0 Å². The summed E-state index contributed by atoms with van der Waals surface area (Å²) in [5.74, 6) is 3.34. The van der Waals surface area contributed by atoms with Gasteiger partial charge in [0.25, 0.3) is 0 Å². The van der Waals surface area contributed by atoms with Crippen molar-refractivity contribution < 1.29 is 18.7 Å². The van der Waals surface area contributed by atoms with Crippen molar-refractivity contribution in [2.45, 2.75) is 91.3 Å². The van der Waals surface area contributed by atoms with Crippen molar-refractivity contribution in [3.8, 4) is 11.5 Å². The van der Waals surface area contributed by atoms with Crippen LogP contribution >= 0.6 is 0 Å². The third-order valence-corrected chi connectivity index (χ3v) is 10.0. The molecule has 0 bridgehead atoms. The van der Waals surface area contributed by atoms with Crippen LogP contribution in [0.1, 0.15) is 47.5 Å². The van der Waals surface area contributed by atoms with Crippen LogP contribution in [0.2, 0.25) is 37.8 Å². The summed E-state index contributed by atoms with van der Waals surface area (Å²) in [6.07, 6.45) is 2.94. The number of hydrogen-bond donors (Lipinski definition) is 0. The van der Waals surface area contributed by atoms with Crippen molar-refractivity contribution >= 4 is 22.5 Å². The standard InChI is InChI=1S/C21H40O4Si2/c1-11-23-20(22)24-16-15-18(2)19(14-12-13-17-26(6,7)8)25-27(9,10)21(3,4)5/h15,19H,11-12,14,16H2,1-10H3/b18-15-/t19-/m0/s1. The molecule has 0 saturated heterocycles. The van der Waals surface area contributed by atoms with Crippen LogP contribution in [0.4, 0.5) is 4.79 Å². The first-order valence-corrected chi connectivity index (χ1v) is 16.2. The lowest BCUT2D eigenvalue weighted by atomic mass is 10.1. The van der Waals surface area contributed by atoms with Gasteiger partial charge in [-0.05, 0) is 50.0 Å². The van der Waals surface area contributed by atoms with E-state index in [9.17, 15) is 4.79 Å². The molecule has 0 aliphatic carbocycles. The quantitative estimate of drug-likeness (QED) is 0.207. The maximum absolute atomic E-state index is 11.3. The fraction of sp³-hybridized carbons (Fsp3) is 0.762. The highest BCUT2D eigenvalue weighted by Crippen LogP contribution is 2.38. The maximum atomic E-state index is 11.3. The summed E-state index contributed by atoms with van der Waals surface area (Å²) in [5.41, 5.74) is 4.50. The third-order valence-electron chi connectivity index (χ3n) is 4.61. The molecule has 0 saturated carbocycles. The van der Waals surface area contributed by atoms with E-state index >= 15 is 0 Å². The van der Waals surface area contributed by atoms with Gasteiger partial charge in [0.05, 0.1) is 12.7 Å². The van der Waals surface area contributed by atoms with Crippen LogP contribution < -0.4 is 0 Å². The highest BCUT2D eigenvalue weighted by molar-refractivity contribution is 6.83. The molecule has 0 heterocycles. The lowest BCUT2D eigenvalue weighted by Gasteiger charge is -2.39. The Morgan fingerprint density at radius 1 is 1.11 bits per heavy atom. The number of carbonyl (C=O) groups excluding carboxylic acids is 1. The molecule has 27 heavy (non-hydrogen) atoms. The molecule has 0 aliphatic heterocycles. The topological polar surface area (TPSA) is 44.8 Å². The van der Waals surface area contributed by atoms with Crippen molar-refractivity contribution in [1.29, 1.82) is 0 Å². The highest BCUT2D eigenvalue weighted by Gasteiger charge is 2.39. The summed E-state index contributed by atoms with van der Waals surface area (Å²) in [6.45, 7) is 22.3. The van der Waals surface area contributed by atoms with E-state index in [4.69, 9.17) is 13.9 Å². The van der Waals surface area contributed by atoms with Gasteiger partial charge in [0, 0.05) is 6.42 Å². The van der Waals surface area contributed by atoms with Crippen LogP contribution in [0.3, 0.4) is 0 Å². The molecule has 0 aromatic heterocycles. The summed E-state index contributed by atoms with van der Waals surface area (Å²) in [5, 5.41) is 0.136. The van der Waals surface area contributed by atoms with Crippen LogP contribution in [0.15, 0.2) is 11.6 Å². The Kier molecular flexibility index (Phi) is 10.7. The van der Waals surface area contributed by atoms with E-state index in [0.717, 1.165) is 18.4 Å². The Morgan fingerprint density at radius 3 is 2.19 bits per heavy atom.